The predicted octanol–water partition coefficient (Wildman–Crippen LogP) is 21.3. The van der Waals surface area contributed by atoms with E-state index in [-0.39, 0.29) is 25.2 Å². The summed E-state index contributed by atoms with van der Waals surface area (Å²) in [5, 5.41) is 9.68. The third-order valence-electron chi connectivity index (χ3n) is 13.7. The van der Waals surface area contributed by atoms with Gasteiger partial charge in [-0.15, -0.1) is 0 Å². The Morgan fingerprint density at radius 2 is 0.597 bits per heavy atom. The molecule has 5 heteroatoms. The fourth-order valence-electron chi connectivity index (χ4n) is 9.03. The second-order valence-corrected chi connectivity index (χ2v) is 20.8. The number of esters is 2. The van der Waals surface area contributed by atoms with Gasteiger partial charge in [0.2, 0.25) is 0 Å². The van der Waals surface area contributed by atoms with Gasteiger partial charge in [0.05, 0.1) is 6.61 Å². The number of carbonyl (C=O) groups excluding carboxylic acids is 2. The van der Waals surface area contributed by atoms with E-state index in [1.807, 2.05) is 0 Å². The van der Waals surface area contributed by atoms with Gasteiger partial charge in [-0.3, -0.25) is 9.59 Å². The first-order valence-corrected chi connectivity index (χ1v) is 31.1. The van der Waals surface area contributed by atoms with Crippen LogP contribution < -0.4 is 0 Å². The first kappa shape index (κ1) is 69.1. The normalized spacial score (nSPS) is 12.8. The summed E-state index contributed by atoms with van der Waals surface area (Å²) in [6.07, 6.45) is 87.2. The van der Waals surface area contributed by atoms with Crippen LogP contribution in [0.25, 0.3) is 0 Å². The fourth-order valence-corrected chi connectivity index (χ4v) is 9.03. The number of aliphatic hydroxyl groups excluding tert-OH is 1. The maximum absolute atomic E-state index is 12.3. The van der Waals surface area contributed by atoms with E-state index in [0.717, 1.165) is 77.0 Å². The lowest BCUT2D eigenvalue weighted by atomic mass is 10.0. The smallest absolute Gasteiger partial charge is 0.306 e. The largest absolute Gasteiger partial charge is 0.462 e. The Morgan fingerprint density at radius 3 is 0.917 bits per heavy atom. The Bertz CT molecular complexity index is 1320. The zero-order valence-corrected chi connectivity index (χ0v) is 47.7. The third kappa shape index (κ3) is 59.6. The fraction of sp³-hybridized carbons (Fsp3) is 0.761. The molecule has 1 unspecified atom stereocenters. The molecule has 0 aromatic heterocycles. The Labute approximate surface area is 447 Å². The summed E-state index contributed by atoms with van der Waals surface area (Å²) in [6.45, 7) is 4.06. The van der Waals surface area contributed by atoms with Crippen molar-refractivity contribution >= 4 is 11.9 Å². The van der Waals surface area contributed by atoms with Crippen molar-refractivity contribution in [3.05, 3.63) is 85.1 Å². The van der Waals surface area contributed by atoms with Crippen molar-refractivity contribution in [1.82, 2.24) is 0 Å². The highest BCUT2D eigenvalue weighted by Crippen LogP contribution is 2.17. The summed E-state index contributed by atoms with van der Waals surface area (Å²) in [4.78, 5) is 24.6. The molecule has 0 heterocycles. The van der Waals surface area contributed by atoms with Gasteiger partial charge >= 0.3 is 11.9 Å². The first-order valence-electron chi connectivity index (χ1n) is 31.1. The van der Waals surface area contributed by atoms with Crippen LogP contribution in [0.5, 0.6) is 0 Å². The van der Waals surface area contributed by atoms with Gasteiger partial charge < -0.3 is 14.6 Å². The van der Waals surface area contributed by atoms with Gasteiger partial charge in [0.25, 0.3) is 0 Å². The van der Waals surface area contributed by atoms with Crippen molar-refractivity contribution < 1.29 is 24.2 Å². The molecule has 0 saturated heterocycles. The van der Waals surface area contributed by atoms with Crippen molar-refractivity contribution in [3.63, 3.8) is 0 Å². The summed E-state index contributed by atoms with van der Waals surface area (Å²) < 4.78 is 10.7. The topological polar surface area (TPSA) is 72.8 Å². The molecular formula is C67H118O5. The third-order valence-corrected chi connectivity index (χ3v) is 13.7. The van der Waals surface area contributed by atoms with E-state index < -0.39 is 6.10 Å². The molecule has 5 nitrogen and oxygen atoms in total. The molecule has 1 N–H and O–H groups in total. The molecule has 1 atom stereocenters. The van der Waals surface area contributed by atoms with Crippen LogP contribution >= 0.6 is 0 Å². The van der Waals surface area contributed by atoms with Gasteiger partial charge in [-0.1, -0.05) is 292 Å². The molecule has 0 amide bonds. The zero-order chi connectivity index (χ0) is 52.0. The molecule has 0 fully saturated rings. The minimum absolute atomic E-state index is 0.0659. The van der Waals surface area contributed by atoms with E-state index in [9.17, 15) is 14.7 Å². The van der Waals surface area contributed by atoms with Gasteiger partial charge in [0, 0.05) is 12.8 Å². The van der Waals surface area contributed by atoms with Crippen LogP contribution in [0.3, 0.4) is 0 Å². The molecule has 0 aliphatic rings. The highest BCUT2D eigenvalue weighted by Gasteiger charge is 2.16. The standard InChI is InChI=1S/C67H118O5/c1-3-5-7-9-11-13-15-17-19-21-23-25-27-29-30-31-32-33-34-35-36-38-40-42-44-46-48-50-52-54-56-58-60-62-67(70)72-65(63-68)64-71-66(69)61-59-57-55-53-51-49-47-45-43-41-39-37-28-26-24-22-20-18-16-14-12-10-8-6-4-2/h5,7,11,13,17,19,22-25,29-30,32-33,65,68H,3-4,6,8-10,12,14-16,18,20-21,26-28,31,34-64H2,1-2H3/b7-5-,13-11-,19-17-,24-22-,25-23-,30-29-,33-32-. The van der Waals surface area contributed by atoms with E-state index in [2.05, 4.69) is 98.9 Å². The molecule has 0 aromatic carbocycles. The number of aliphatic hydroxyl groups is 1. The van der Waals surface area contributed by atoms with Crippen LogP contribution in [-0.4, -0.2) is 36.4 Å². The summed E-state index contributed by atoms with van der Waals surface area (Å²) in [5.41, 5.74) is 0. The molecule has 416 valence electrons. The number of ether oxygens (including phenoxy) is 2. The van der Waals surface area contributed by atoms with E-state index in [1.54, 1.807) is 0 Å². The van der Waals surface area contributed by atoms with Crippen molar-refractivity contribution in [2.45, 2.75) is 315 Å². The lowest BCUT2D eigenvalue weighted by Crippen LogP contribution is -2.28. The van der Waals surface area contributed by atoms with Gasteiger partial charge in [-0.25, -0.2) is 0 Å². The molecule has 0 spiro atoms. The minimum Gasteiger partial charge on any atom is -0.462 e. The van der Waals surface area contributed by atoms with Crippen molar-refractivity contribution in [2.24, 2.45) is 0 Å². The van der Waals surface area contributed by atoms with Gasteiger partial charge in [-0.05, 0) is 89.9 Å². The van der Waals surface area contributed by atoms with E-state index in [0.29, 0.717) is 12.8 Å². The quantitative estimate of drug-likeness (QED) is 0.0373. The van der Waals surface area contributed by atoms with Crippen LogP contribution in [0.2, 0.25) is 0 Å². The summed E-state index contributed by atoms with van der Waals surface area (Å²) in [6, 6.07) is 0. The molecule has 0 rings (SSSR count). The highest BCUT2D eigenvalue weighted by molar-refractivity contribution is 5.70. The maximum Gasteiger partial charge on any atom is 0.306 e. The first-order chi connectivity index (χ1) is 35.6. The Morgan fingerprint density at radius 1 is 0.333 bits per heavy atom. The number of hydrogen-bond donors (Lipinski definition) is 1. The van der Waals surface area contributed by atoms with E-state index in [4.69, 9.17) is 9.47 Å². The lowest BCUT2D eigenvalue weighted by Gasteiger charge is -2.15. The van der Waals surface area contributed by atoms with E-state index >= 15 is 0 Å². The Hall–Kier alpha value is -2.92. The molecule has 0 aliphatic carbocycles. The molecule has 0 bridgehead atoms. The SMILES string of the molecule is CC/C=C\C/C=C\C/C=C\C/C=C\C/C=C\C/C=C\CCCCCCCCCCCCCCCCC(=O)OC(CO)COC(=O)CCCCCCCCCCCCCCC/C=C\CCCCCCCCCC. The van der Waals surface area contributed by atoms with E-state index in [1.165, 1.54) is 205 Å². The van der Waals surface area contributed by atoms with Crippen molar-refractivity contribution in [3.8, 4) is 0 Å². The zero-order valence-electron chi connectivity index (χ0n) is 47.7. The van der Waals surface area contributed by atoms with Gasteiger partial charge in [0.1, 0.15) is 6.61 Å². The predicted molar refractivity (Wildman–Crippen MR) is 316 cm³/mol. The van der Waals surface area contributed by atoms with Crippen LogP contribution in [0.4, 0.5) is 0 Å². The van der Waals surface area contributed by atoms with Crippen LogP contribution in [-0.2, 0) is 19.1 Å². The van der Waals surface area contributed by atoms with Crippen molar-refractivity contribution in [2.75, 3.05) is 13.2 Å². The van der Waals surface area contributed by atoms with Crippen LogP contribution in [0, 0.1) is 0 Å². The molecule has 72 heavy (non-hydrogen) atoms. The number of allylic oxidation sites excluding steroid dienone is 14. The highest BCUT2D eigenvalue weighted by atomic mass is 16.6. The summed E-state index contributed by atoms with van der Waals surface area (Å²) in [5.74, 6) is -0.581. The average molecular weight is 1000 g/mol. The Balaban J connectivity index is 3.47. The van der Waals surface area contributed by atoms with Crippen molar-refractivity contribution in [1.29, 1.82) is 0 Å². The summed E-state index contributed by atoms with van der Waals surface area (Å²) in [7, 11) is 0. The number of unbranched alkanes of at least 4 members (excludes halogenated alkanes) is 35. The number of carbonyl (C=O) groups is 2. The van der Waals surface area contributed by atoms with Gasteiger partial charge in [0.15, 0.2) is 6.10 Å². The lowest BCUT2D eigenvalue weighted by molar-refractivity contribution is -0.161. The summed E-state index contributed by atoms with van der Waals surface area (Å²) >= 11 is 0. The second kappa shape index (κ2) is 62.4. The van der Waals surface area contributed by atoms with Gasteiger partial charge in [-0.2, -0.15) is 0 Å². The number of rotatable bonds is 57. The monoisotopic (exact) mass is 1000 g/mol. The number of hydrogen-bond acceptors (Lipinski definition) is 5. The second-order valence-electron chi connectivity index (χ2n) is 20.8. The van der Waals surface area contributed by atoms with Crippen LogP contribution in [0.1, 0.15) is 309 Å². The Kier molecular flexibility index (Phi) is 59.8. The molecule has 0 aliphatic heterocycles. The molecule has 0 aromatic rings. The molecular weight excluding hydrogens is 885 g/mol. The minimum atomic E-state index is -0.776. The maximum atomic E-state index is 12.3. The molecule has 0 radical (unpaired) electrons. The van der Waals surface area contributed by atoms with Crippen LogP contribution in [0.15, 0.2) is 85.1 Å². The molecule has 0 saturated carbocycles. The average Bonchev–Trinajstić information content (AvgIpc) is 3.38.